The summed E-state index contributed by atoms with van der Waals surface area (Å²) in [5, 5.41) is 0. The first-order chi connectivity index (χ1) is 14.3. The van der Waals surface area contributed by atoms with E-state index >= 15 is 0 Å². The Morgan fingerprint density at radius 1 is 0.724 bits per heavy atom. The molecule has 0 aliphatic rings. The maximum atomic E-state index is 5.95. The van der Waals surface area contributed by atoms with Gasteiger partial charge in [0.2, 0.25) is 0 Å². The normalized spacial score (nSPS) is 11.0. The van der Waals surface area contributed by atoms with E-state index in [0.29, 0.717) is 0 Å². The molecule has 29 heavy (non-hydrogen) atoms. The van der Waals surface area contributed by atoms with Crippen LogP contribution in [0.2, 0.25) is 0 Å². The minimum Gasteiger partial charge on any atom is -0.493 e. The van der Waals surface area contributed by atoms with E-state index in [4.69, 9.17) is 9.47 Å². The molecule has 0 fully saturated rings. The van der Waals surface area contributed by atoms with Gasteiger partial charge in [0.15, 0.2) is 11.5 Å². The molecule has 0 bridgehead atoms. The van der Waals surface area contributed by atoms with E-state index in [1.165, 1.54) is 40.7 Å². The van der Waals surface area contributed by atoms with Gasteiger partial charge >= 0.3 is 0 Å². The Morgan fingerprint density at radius 2 is 1.31 bits per heavy atom. The Labute approximate surface area is 206 Å². The smallest absolute Gasteiger partial charge is 0.161 e. The summed E-state index contributed by atoms with van der Waals surface area (Å²) in [6.45, 7) is 0.744. The third-order valence-corrected chi connectivity index (χ3v) is 9.57. The second-order valence-electron chi connectivity index (χ2n) is 6.19. The van der Waals surface area contributed by atoms with Crippen LogP contribution in [0, 0.1) is 0 Å². The molecule has 168 valence electrons. The first kappa shape index (κ1) is 28.0. The van der Waals surface area contributed by atoms with Crippen molar-refractivity contribution in [3.8, 4) is 11.5 Å². The fourth-order valence-corrected chi connectivity index (χ4v) is 6.89. The lowest BCUT2D eigenvalue weighted by Crippen LogP contribution is -2.02. The van der Waals surface area contributed by atoms with Crippen molar-refractivity contribution in [3.05, 3.63) is 23.8 Å². The molecular weight excluding hydrogens is 477 g/mol. The van der Waals surface area contributed by atoms with Crippen LogP contribution in [0.5, 0.6) is 11.5 Å². The highest BCUT2D eigenvalue weighted by Crippen LogP contribution is 2.29. The molecule has 1 rings (SSSR count). The maximum Gasteiger partial charge on any atom is 0.161 e. The number of benzene rings is 1. The van der Waals surface area contributed by atoms with E-state index in [9.17, 15) is 0 Å². The van der Waals surface area contributed by atoms with Gasteiger partial charge < -0.3 is 9.47 Å². The number of methoxy groups -OCH3 is 1. The zero-order chi connectivity index (χ0) is 21.0. The van der Waals surface area contributed by atoms with Crippen LogP contribution >= 0.6 is 72.3 Å². The summed E-state index contributed by atoms with van der Waals surface area (Å²) in [7, 11) is 1.72. The molecule has 1 aromatic rings. The second kappa shape index (κ2) is 20.8. The molecule has 2 nitrogen and oxygen atoms in total. The van der Waals surface area contributed by atoms with Crippen LogP contribution in [-0.4, -0.2) is 71.2 Å². The van der Waals surface area contributed by atoms with Crippen LogP contribution in [0.4, 0.5) is 0 Å². The molecular formula is C21H36O2S6. The molecule has 0 unspecified atom stereocenters. The lowest BCUT2D eigenvalue weighted by atomic mass is 10.1. The summed E-state index contributed by atoms with van der Waals surface area (Å²) in [6.07, 6.45) is 3.36. The summed E-state index contributed by atoms with van der Waals surface area (Å²) >= 11 is 16.5. The highest BCUT2D eigenvalue weighted by atomic mass is 32.2. The molecule has 0 aliphatic carbocycles. The minimum atomic E-state index is 0.744. The van der Waals surface area contributed by atoms with Gasteiger partial charge in [-0.2, -0.15) is 72.3 Å². The Kier molecular flexibility index (Phi) is 20.1. The van der Waals surface area contributed by atoms with Gasteiger partial charge in [-0.1, -0.05) is 6.07 Å². The van der Waals surface area contributed by atoms with Gasteiger partial charge in [0, 0.05) is 34.5 Å². The quantitative estimate of drug-likeness (QED) is 0.159. The van der Waals surface area contributed by atoms with E-state index in [-0.39, 0.29) is 0 Å². The van der Waals surface area contributed by atoms with Crippen molar-refractivity contribution in [2.75, 3.05) is 71.2 Å². The number of hydrogen-bond donors (Lipinski definition) is 2. The highest BCUT2D eigenvalue weighted by Gasteiger charge is 2.06. The Morgan fingerprint density at radius 3 is 1.90 bits per heavy atom. The van der Waals surface area contributed by atoms with Crippen LogP contribution in [-0.2, 0) is 6.42 Å². The molecule has 0 atom stereocenters. The van der Waals surface area contributed by atoms with Gasteiger partial charge in [0.25, 0.3) is 0 Å². The Bertz CT molecular complexity index is 504. The van der Waals surface area contributed by atoms with Crippen LogP contribution in [0.1, 0.15) is 18.4 Å². The van der Waals surface area contributed by atoms with Crippen LogP contribution in [0.3, 0.4) is 0 Å². The molecule has 0 amide bonds. The van der Waals surface area contributed by atoms with Gasteiger partial charge in [-0.25, -0.2) is 0 Å². The molecule has 0 N–H and O–H groups in total. The van der Waals surface area contributed by atoms with E-state index < -0.39 is 0 Å². The molecule has 0 spiro atoms. The van der Waals surface area contributed by atoms with Crippen LogP contribution in [0.25, 0.3) is 0 Å². The molecule has 0 aliphatic heterocycles. The second-order valence-corrected chi connectivity index (χ2v) is 12.0. The Hall–Kier alpha value is 0.920. The van der Waals surface area contributed by atoms with Gasteiger partial charge in [0.05, 0.1) is 13.7 Å². The average molecular weight is 513 g/mol. The third-order valence-electron chi connectivity index (χ3n) is 3.89. The van der Waals surface area contributed by atoms with Crippen molar-refractivity contribution < 1.29 is 9.47 Å². The standard InChI is InChI=1S/C21H36O2S6/c1-22-21-18-19(4-2-10-26-14-16-28-12-8-24)5-6-20(21)23-7-3-11-27-15-17-29-13-9-25/h5-6,18,24-25H,2-4,7-17H2,1H3. The summed E-state index contributed by atoms with van der Waals surface area (Å²) in [6, 6.07) is 6.38. The minimum absolute atomic E-state index is 0.744. The van der Waals surface area contributed by atoms with Crippen molar-refractivity contribution in [2.45, 2.75) is 19.3 Å². The molecule has 0 saturated carbocycles. The van der Waals surface area contributed by atoms with Gasteiger partial charge in [-0.3, -0.25) is 0 Å². The van der Waals surface area contributed by atoms with Gasteiger partial charge in [-0.15, -0.1) is 0 Å². The van der Waals surface area contributed by atoms with Gasteiger partial charge in [-0.05, 0) is 60.0 Å². The maximum absolute atomic E-state index is 5.95. The average Bonchev–Trinajstić information content (AvgIpc) is 2.75. The fraction of sp³-hybridized carbons (Fsp3) is 0.714. The molecule has 8 heteroatoms. The molecule has 0 radical (unpaired) electrons. The topological polar surface area (TPSA) is 18.5 Å². The van der Waals surface area contributed by atoms with E-state index in [0.717, 1.165) is 59.7 Å². The number of aryl methyl sites for hydroxylation is 1. The summed E-state index contributed by atoms with van der Waals surface area (Å²) in [5.74, 6) is 13.2. The molecule has 1 aromatic carbocycles. The van der Waals surface area contributed by atoms with Crippen LogP contribution in [0.15, 0.2) is 18.2 Å². The monoisotopic (exact) mass is 512 g/mol. The SMILES string of the molecule is COc1cc(CCCSCCSCCS)ccc1OCCCSCCSCCS. The summed E-state index contributed by atoms with van der Waals surface area (Å²) in [5.41, 5.74) is 1.33. The summed E-state index contributed by atoms with van der Waals surface area (Å²) in [4.78, 5) is 0. The summed E-state index contributed by atoms with van der Waals surface area (Å²) < 4.78 is 11.5. The number of thioether (sulfide) groups is 4. The van der Waals surface area contributed by atoms with Crippen molar-refractivity contribution in [2.24, 2.45) is 0 Å². The van der Waals surface area contributed by atoms with Crippen molar-refractivity contribution in [1.29, 1.82) is 0 Å². The Balaban J connectivity index is 2.16. The number of hydrogen-bond acceptors (Lipinski definition) is 8. The highest BCUT2D eigenvalue weighted by molar-refractivity contribution is 8.03. The van der Waals surface area contributed by atoms with Gasteiger partial charge in [0.1, 0.15) is 0 Å². The van der Waals surface area contributed by atoms with E-state index in [2.05, 4.69) is 55.2 Å². The number of ether oxygens (including phenoxy) is 2. The predicted octanol–water partition coefficient (Wildman–Crippen LogP) is 6.19. The lowest BCUT2D eigenvalue weighted by molar-refractivity contribution is 0.295. The molecule has 0 saturated heterocycles. The number of rotatable bonds is 20. The third kappa shape index (κ3) is 15.4. The first-order valence-corrected chi connectivity index (χ1v) is 16.0. The van der Waals surface area contributed by atoms with Crippen molar-refractivity contribution in [1.82, 2.24) is 0 Å². The largest absolute Gasteiger partial charge is 0.493 e. The lowest BCUT2D eigenvalue weighted by Gasteiger charge is -2.12. The van der Waals surface area contributed by atoms with Crippen molar-refractivity contribution >= 4 is 72.3 Å². The molecule has 0 aromatic heterocycles. The van der Waals surface area contributed by atoms with Crippen molar-refractivity contribution in [3.63, 3.8) is 0 Å². The first-order valence-electron chi connectivity index (χ1n) is 10.1. The molecule has 0 heterocycles. The van der Waals surface area contributed by atoms with E-state index in [1.807, 2.05) is 35.3 Å². The zero-order valence-electron chi connectivity index (χ0n) is 17.5. The van der Waals surface area contributed by atoms with Crippen LogP contribution < -0.4 is 9.47 Å². The fourth-order valence-electron chi connectivity index (χ4n) is 2.48. The van der Waals surface area contributed by atoms with E-state index in [1.54, 1.807) is 7.11 Å². The predicted molar refractivity (Wildman–Crippen MR) is 148 cm³/mol. The zero-order valence-corrected chi connectivity index (χ0v) is 22.5. The number of thiol groups is 2.